The second-order valence-electron chi connectivity index (χ2n) is 3.16. The topological polar surface area (TPSA) is 45.8 Å². The third kappa shape index (κ3) is 1.71. The molecule has 0 atom stereocenters. The first-order valence-corrected chi connectivity index (χ1v) is 4.37. The third-order valence-corrected chi connectivity index (χ3v) is 2.02. The van der Waals surface area contributed by atoms with Gasteiger partial charge in [-0.3, -0.25) is 4.79 Å². The van der Waals surface area contributed by atoms with Gasteiger partial charge < -0.3 is 4.98 Å². The fraction of sp³-hybridized carbons (Fsp3) is 0.0909. The summed E-state index contributed by atoms with van der Waals surface area (Å²) < 4.78 is 0. The summed E-state index contributed by atoms with van der Waals surface area (Å²) in [4.78, 5) is 17.4. The maximum Gasteiger partial charge on any atom is 0.266 e. The van der Waals surface area contributed by atoms with Crippen LogP contribution in [0.15, 0.2) is 41.5 Å². The van der Waals surface area contributed by atoms with Crippen LogP contribution in [0.2, 0.25) is 0 Å². The second kappa shape index (κ2) is 3.46. The van der Waals surface area contributed by atoms with Crippen LogP contribution in [0.1, 0.15) is 5.56 Å². The van der Waals surface area contributed by atoms with Crippen LogP contribution in [0.5, 0.6) is 0 Å². The third-order valence-electron chi connectivity index (χ3n) is 2.02. The van der Waals surface area contributed by atoms with Crippen molar-refractivity contribution in [3.05, 3.63) is 52.6 Å². The molecular weight excluding hydrogens is 176 g/mol. The zero-order chi connectivity index (χ0) is 9.97. The molecule has 0 spiro atoms. The van der Waals surface area contributed by atoms with E-state index >= 15 is 0 Å². The van der Waals surface area contributed by atoms with Gasteiger partial charge in [-0.2, -0.15) is 0 Å². The van der Waals surface area contributed by atoms with Crippen LogP contribution in [0.4, 0.5) is 0 Å². The van der Waals surface area contributed by atoms with Gasteiger partial charge in [0.2, 0.25) is 0 Å². The van der Waals surface area contributed by atoms with E-state index in [1.54, 1.807) is 6.20 Å². The van der Waals surface area contributed by atoms with Crippen molar-refractivity contribution in [2.24, 2.45) is 0 Å². The van der Waals surface area contributed by atoms with Crippen molar-refractivity contribution in [3.63, 3.8) is 0 Å². The maximum absolute atomic E-state index is 10.8. The quantitative estimate of drug-likeness (QED) is 0.737. The monoisotopic (exact) mass is 186 g/mol. The Bertz CT molecular complexity index is 465. The molecule has 0 saturated heterocycles. The minimum atomic E-state index is -0.180. The molecule has 2 rings (SSSR count). The lowest BCUT2D eigenvalue weighted by Crippen LogP contribution is -2.04. The van der Waals surface area contributed by atoms with Crippen molar-refractivity contribution in [2.75, 3.05) is 0 Å². The summed E-state index contributed by atoms with van der Waals surface area (Å²) in [5.74, 6) is 0. The number of rotatable bonds is 1. The first kappa shape index (κ1) is 8.69. The van der Waals surface area contributed by atoms with Crippen LogP contribution >= 0.6 is 0 Å². The number of aromatic amines is 1. The van der Waals surface area contributed by atoms with Crippen LogP contribution in [0.25, 0.3) is 11.3 Å². The molecule has 0 fully saturated rings. The summed E-state index contributed by atoms with van der Waals surface area (Å²) in [5, 5.41) is 0. The van der Waals surface area contributed by atoms with Gasteiger partial charge in [0.15, 0.2) is 0 Å². The number of benzene rings is 1. The Balaban J connectivity index is 2.44. The lowest BCUT2D eigenvalue weighted by atomic mass is 10.1. The van der Waals surface area contributed by atoms with E-state index in [1.807, 2.05) is 31.2 Å². The summed E-state index contributed by atoms with van der Waals surface area (Å²) in [7, 11) is 0. The molecule has 70 valence electrons. The first-order chi connectivity index (χ1) is 6.75. The van der Waals surface area contributed by atoms with E-state index in [1.165, 1.54) is 11.8 Å². The lowest BCUT2D eigenvalue weighted by molar-refractivity contribution is 1.14. The highest BCUT2D eigenvalue weighted by molar-refractivity contribution is 5.57. The molecule has 0 amide bonds. The van der Waals surface area contributed by atoms with Gasteiger partial charge >= 0.3 is 0 Å². The van der Waals surface area contributed by atoms with Gasteiger partial charge in [0.1, 0.15) is 0 Å². The summed E-state index contributed by atoms with van der Waals surface area (Å²) in [6.45, 7) is 2.03. The minimum absolute atomic E-state index is 0.180. The fourth-order valence-electron chi connectivity index (χ4n) is 1.22. The average molecular weight is 186 g/mol. The highest BCUT2D eigenvalue weighted by Gasteiger charge is 1.97. The smallest absolute Gasteiger partial charge is 0.266 e. The summed E-state index contributed by atoms with van der Waals surface area (Å²) in [6.07, 6.45) is 2.90. The van der Waals surface area contributed by atoms with Crippen LogP contribution < -0.4 is 5.56 Å². The Labute approximate surface area is 81.5 Å². The zero-order valence-corrected chi connectivity index (χ0v) is 7.82. The molecule has 0 radical (unpaired) electrons. The molecule has 14 heavy (non-hydrogen) atoms. The normalized spacial score (nSPS) is 10.1. The van der Waals surface area contributed by atoms with E-state index < -0.39 is 0 Å². The summed E-state index contributed by atoms with van der Waals surface area (Å²) in [5.41, 5.74) is 2.82. The Morgan fingerprint density at radius 3 is 2.50 bits per heavy atom. The molecule has 0 aliphatic heterocycles. The molecular formula is C11H10N2O. The highest BCUT2D eigenvalue weighted by Crippen LogP contribution is 2.14. The molecule has 1 heterocycles. The SMILES string of the molecule is Cc1ccc(-c2c[nH]c(=O)cn2)cc1. The largest absolute Gasteiger partial charge is 0.326 e. The molecule has 0 bridgehead atoms. The highest BCUT2D eigenvalue weighted by atomic mass is 16.1. The number of nitrogens with one attached hydrogen (secondary N) is 1. The predicted octanol–water partition coefficient (Wildman–Crippen LogP) is 1.75. The van der Waals surface area contributed by atoms with Gasteiger partial charge in [-0.15, -0.1) is 0 Å². The molecule has 1 N–H and O–H groups in total. The standard InChI is InChI=1S/C11H10N2O/c1-8-2-4-9(5-3-8)10-6-13-11(14)7-12-10/h2-7H,1H3,(H,13,14). The maximum atomic E-state index is 10.8. The summed E-state index contributed by atoms with van der Waals surface area (Å²) >= 11 is 0. The second-order valence-corrected chi connectivity index (χ2v) is 3.16. The van der Waals surface area contributed by atoms with Crippen LogP contribution in [-0.2, 0) is 0 Å². The van der Waals surface area contributed by atoms with Crippen molar-refractivity contribution in [1.82, 2.24) is 9.97 Å². The van der Waals surface area contributed by atoms with Crippen molar-refractivity contribution >= 4 is 0 Å². The van der Waals surface area contributed by atoms with Gasteiger partial charge in [0, 0.05) is 11.8 Å². The molecule has 0 aliphatic carbocycles. The molecule has 1 aromatic carbocycles. The van der Waals surface area contributed by atoms with Crippen LogP contribution in [-0.4, -0.2) is 9.97 Å². The number of nitrogens with zero attached hydrogens (tertiary/aromatic N) is 1. The van der Waals surface area contributed by atoms with E-state index in [4.69, 9.17) is 0 Å². The number of hydrogen-bond acceptors (Lipinski definition) is 2. The van der Waals surface area contributed by atoms with Gasteiger partial charge in [0.05, 0.1) is 11.9 Å². The lowest BCUT2D eigenvalue weighted by Gasteiger charge is -1.99. The van der Waals surface area contributed by atoms with Crippen LogP contribution in [0.3, 0.4) is 0 Å². The molecule has 0 unspecified atom stereocenters. The van der Waals surface area contributed by atoms with Gasteiger partial charge in [-0.05, 0) is 6.92 Å². The Hall–Kier alpha value is -1.90. The van der Waals surface area contributed by atoms with E-state index in [0.717, 1.165) is 11.3 Å². The molecule has 0 aliphatic rings. The average Bonchev–Trinajstić information content (AvgIpc) is 2.21. The van der Waals surface area contributed by atoms with Gasteiger partial charge in [0.25, 0.3) is 5.56 Å². The number of H-pyrrole nitrogens is 1. The van der Waals surface area contributed by atoms with Crippen molar-refractivity contribution < 1.29 is 0 Å². The van der Waals surface area contributed by atoms with Gasteiger partial charge in [-0.1, -0.05) is 29.8 Å². The molecule has 3 nitrogen and oxygen atoms in total. The van der Waals surface area contributed by atoms with E-state index in [-0.39, 0.29) is 5.56 Å². The van der Waals surface area contributed by atoms with Crippen LogP contribution in [0, 0.1) is 6.92 Å². The predicted molar refractivity (Wildman–Crippen MR) is 55.0 cm³/mol. The molecule has 0 saturated carbocycles. The number of aryl methyl sites for hydroxylation is 1. The zero-order valence-electron chi connectivity index (χ0n) is 7.82. The van der Waals surface area contributed by atoms with Crippen molar-refractivity contribution in [1.29, 1.82) is 0 Å². The van der Waals surface area contributed by atoms with E-state index in [2.05, 4.69) is 9.97 Å². The Morgan fingerprint density at radius 1 is 1.21 bits per heavy atom. The minimum Gasteiger partial charge on any atom is -0.326 e. The molecule has 3 heteroatoms. The Kier molecular flexibility index (Phi) is 2.14. The van der Waals surface area contributed by atoms with E-state index in [9.17, 15) is 4.79 Å². The fourth-order valence-corrected chi connectivity index (χ4v) is 1.22. The first-order valence-electron chi connectivity index (χ1n) is 4.37. The molecule has 1 aromatic heterocycles. The van der Waals surface area contributed by atoms with Gasteiger partial charge in [-0.25, -0.2) is 4.98 Å². The molecule has 2 aromatic rings. The summed E-state index contributed by atoms with van der Waals surface area (Å²) in [6, 6.07) is 8.00. The number of hydrogen-bond donors (Lipinski definition) is 1. The number of aromatic nitrogens is 2. The van der Waals surface area contributed by atoms with E-state index in [0.29, 0.717) is 0 Å². The van der Waals surface area contributed by atoms with Crippen molar-refractivity contribution in [3.8, 4) is 11.3 Å². The Morgan fingerprint density at radius 2 is 1.93 bits per heavy atom. The van der Waals surface area contributed by atoms with Crippen molar-refractivity contribution in [2.45, 2.75) is 6.92 Å².